The molecule has 5 nitrogen and oxygen atoms in total. The van der Waals surface area contributed by atoms with Crippen molar-refractivity contribution in [3.05, 3.63) is 70.8 Å². The van der Waals surface area contributed by atoms with Crippen LogP contribution in [0.2, 0.25) is 0 Å². The van der Waals surface area contributed by atoms with Gasteiger partial charge in [0.2, 0.25) is 5.56 Å². The summed E-state index contributed by atoms with van der Waals surface area (Å²) < 4.78 is 18.2. The molecule has 0 fully saturated rings. The van der Waals surface area contributed by atoms with E-state index in [-0.39, 0.29) is 23.9 Å². The number of benzene rings is 2. The van der Waals surface area contributed by atoms with Crippen LogP contribution in [0.5, 0.6) is 5.75 Å². The largest absolute Gasteiger partial charge is 0.484 e. The van der Waals surface area contributed by atoms with Crippen LogP contribution in [0.3, 0.4) is 0 Å². The molecule has 0 aliphatic heterocycles. The number of aromatic nitrogens is 1. The minimum Gasteiger partial charge on any atom is -0.484 e. The van der Waals surface area contributed by atoms with Crippen molar-refractivity contribution >= 4 is 22.5 Å². The van der Waals surface area contributed by atoms with Gasteiger partial charge >= 0.3 is 0 Å². The quantitative estimate of drug-likeness (QED) is 0.778. The Balaban J connectivity index is 1.64. The first-order valence-electron chi connectivity index (χ1n) is 6.91. The first-order valence-corrected chi connectivity index (χ1v) is 6.91. The van der Waals surface area contributed by atoms with E-state index in [9.17, 15) is 14.0 Å². The van der Waals surface area contributed by atoms with E-state index in [2.05, 4.69) is 10.3 Å². The Labute approximate surface area is 130 Å². The Morgan fingerprint density at radius 3 is 2.61 bits per heavy atom. The second-order valence-corrected chi connectivity index (χ2v) is 4.92. The highest BCUT2D eigenvalue weighted by Crippen LogP contribution is 2.18. The lowest BCUT2D eigenvalue weighted by Gasteiger charge is -2.08. The number of fused-ring (bicyclic) bond motifs is 1. The minimum atomic E-state index is -0.371. The maximum Gasteiger partial charge on any atom is 0.262 e. The highest BCUT2D eigenvalue weighted by Gasteiger charge is 2.05. The lowest BCUT2D eigenvalue weighted by molar-refractivity contribution is -0.118. The molecular formula is C17H13FN2O3. The van der Waals surface area contributed by atoms with E-state index in [1.165, 1.54) is 30.3 Å². The maximum absolute atomic E-state index is 12.8. The van der Waals surface area contributed by atoms with Gasteiger partial charge in [0, 0.05) is 17.8 Å². The van der Waals surface area contributed by atoms with Gasteiger partial charge in [-0.15, -0.1) is 0 Å². The van der Waals surface area contributed by atoms with Gasteiger partial charge in [0.15, 0.2) is 6.61 Å². The molecule has 0 unspecified atom stereocenters. The average molecular weight is 312 g/mol. The van der Waals surface area contributed by atoms with E-state index in [1.807, 2.05) is 0 Å². The zero-order valence-corrected chi connectivity index (χ0v) is 12.0. The molecule has 2 N–H and O–H groups in total. The molecule has 0 spiro atoms. The Kier molecular flexibility index (Phi) is 4.05. The summed E-state index contributed by atoms with van der Waals surface area (Å²) >= 11 is 0. The van der Waals surface area contributed by atoms with Crippen molar-refractivity contribution in [2.24, 2.45) is 0 Å². The predicted octanol–water partition coefficient (Wildman–Crippen LogP) is 2.68. The van der Waals surface area contributed by atoms with Gasteiger partial charge in [-0.2, -0.15) is 0 Å². The molecule has 0 aliphatic carbocycles. The summed E-state index contributed by atoms with van der Waals surface area (Å²) in [6, 6.07) is 13.8. The summed E-state index contributed by atoms with van der Waals surface area (Å²) in [7, 11) is 0. The third kappa shape index (κ3) is 3.74. The van der Waals surface area contributed by atoms with Gasteiger partial charge in [0.1, 0.15) is 11.6 Å². The van der Waals surface area contributed by atoms with Gasteiger partial charge in [0.25, 0.3) is 5.91 Å². The van der Waals surface area contributed by atoms with E-state index >= 15 is 0 Å². The highest BCUT2D eigenvalue weighted by atomic mass is 19.1. The second kappa shape index (κ2) is 6.31. The van der Waals surface area contributed by atoms with Crippen molar-refractivity contribution in [2.75, 3.05) is 11.9 Å². The standard InChI is InChI=1S/C17H13FN2O3/c18-12-3-5-13(6-4-12)19-17(22)10-23-14-7-1-11-2-8-16(21)20-15(11)9-14/h1-9H,10H2,(H,19,22)(H,20,21). The van der Waals surface area contributed by atoms with Crippen LogP contribution in [-0.2, 0) is 4.79 Å². The summed E-state index contributed by atoms with van der Waals surface area (Å²) in [5.41, 5.74) is 0.917. The Morgan fingerprint density at radius 1 is 1.09 bits per heavy atom. The fourth-order valence-corrected chi connectivity index (χ4v) is 2.10. The van der Waals surface area contributed by atoms with Gasteiger partial charge in [0.05, 0.1) is 5.52 Å². The molecule has 3 rings (SSSR count). The fraction of sp³-hybridized carbons (Fsp3) is 0.0588. The summed E-state index contributed by atoms with van der Waals surface area (Å²) in [6.45, 7) is -0.194. The first kappa shape index (κ1) is 14.8. The van der Waals surface area contributed by atoms with Gasteiger partial charge in [-0.1, -0.05) is 0 Å². The first-order chi connectivity index (χ1) is 11.1. The monoisotopic (exact) mass is 312 g/mol. The predicted molar refractivity (Wildman–Crippen MR) is 85.1 cm³/mol. The van der Waals surface area contributed by atoms with Crippen LogP contribution in [0, 0.1) is 5.82 Å². The van der Waals surface area contributed by atoms with E-state index in [0.29, 0.717) is 17.0 Å². The molecule has 0 saturated carbocycles. The molecule has 0 atom stereocenters. The molecule has 0 radical (unpaired) electrons. The number of rotatable bonds is 4. The number of ether oxygens (including phenoxy) is 1. The second-order valence-electron chi connectivity index (χ2n) is 4.92. The topological polar surface area (TPSA) is 71.2 Å². The Bertz CT molecular complexity index is 904. The Hall–Kier alpha value is -3.15. The third-order valence-corrected chi connectivity index (χ3v) is 3.19. The third-order valence-electron chi connectivity index (χ3n) is 3.19. The zero-order chi connectivity index (χ0) is 16.2. The molecule has 6 heteroatoms. The number of halogens is 1. The van der Waals surface area contributed by atoms with Crippen molar-refractivity contribution in [1.29, 1.82) is 0 Å². The molecule has 0 aliphatic rings. The number of pyridine rings is 1. The van der Waals surface area contributed by atoms with E-state index in [1.54, 1.807) is 24.3 Å². The van der Waals surface area contributed by atoms with Crippen molar-refractivity contribution in [3.63, 3.8) is 0 Å². The molecule has 23 heavy (non-hydrogen) atoms. The van der Waals surface area contributed by atoms with Gasteiger partial charge < -0.3 is 15.0 Å². The summed E-state index contributed by atoms with van der Waals surface area (Å²) in [4.78, 5) is 25.8. The molecule has 0 bridgehead atoms. The molecular weight excluding hydrogens is 299 g/mol. The van der Waals surface area contributed by atoms with Crippen LogP contribution in [0.15, 0.2) is 59.4 Å². The van der Waals surface area contributed by atoms with Gasteiger partial charge in [-0.25, -0.2) is 4.39 Å². The van der Waals surface area contributed by atoms with Crippen LogP contribution in [0.4, 0.5) is 10.1 Å². The average Bonchev–Trinajstić information content (AvgIpc) is 2.54. The van der Waals surface area contributed by atoms with Crippen LogP contribution in [0.25, 0.3) is 10.9 Å². The van der Waals surface area contributed by atoms with Crippen molar-refractivity contribution in [1.82, 2.24) is 4.98 Å². The molecule has 3 aromatic rings. The summed E-state index contributed by atoms with van der Waals surface area (Å²) in [6.07, 6.45) is 0. The lowest BCUT2D eigenvalue weighted by Crippen LogP contribution is -2.20. The van der Waals surface area contributed by atoms with Gasteiger partial charge in [-0.05, 0) is 47.9 Å². The number of aromatic amines is 1. The fourth-order valence-electron chi connectivity index (χ4n) is 2.10. The number of hydrogen-bond acceptors (Lipinski definition) is 3. The maximum atomic E-state index is 12.8. The Morgan fingerprint density at radius 2 is 1.83 bits per heavy atom. The molecule has 1 aromatic heterocycles. The van der Waals surface area contributed by atoms with Crippen LogP contribution in [0.1, 0.15) is 0 Å². The van der Waals surface area contributed by atoms with Crippen molar-refractivity contribution in [3.8, 4) is 5.75 Å². The smallest absolute Gasteiger partial charge is 0.262 e. The van der Waals surface area contributed by atoms with E-state index in [4.69, 9.17) is 4.74 Å². The lowest BCUT2D eigenvalue weighted by atomic mass is 10.2. The summed E-state index contributed by atoms with van der Waals surface area (Å²) in [5.74, 6) is -0.267. The minimum absolute atomic E-state index is 0.194. The highest BCUT2D eigenvalue weighted by molar-refractivity contribution is 5.91. The van der Waals surface area contributed by atoms with Crippen LogP contribution >= 0.6 is 0 Å². The zero-order valence-electron chi connectivity index (χ0n) is 12.0. The van der Waals surface area contributed by atoms with E-state index < -0.39 is 0 Å². The number of amides is 1. The number of H-pyrrole nitrogens is 1. The van der Waals surface area contributed by atoms with Crippen LogP contribution < -0.4 is 15.6 Å². The SMILES string of the molecule is O=C(COc1ccc2ccc(=O)[nH]c2c1)Nc1ccc(F)cc1. The number of carbonyl (C=O) groups excluding carboxylic acids is 1. The molecule has 1 amide bonds. The van der Waals surface area contributed by atoms with Gasteiger partial charge in [-0.3, -0.25) is 9.59 Å². The van der Waals surface area contributed by atoms with E-state index in [0.717, 1.165) is 5.39 Å². The molecule has 116 valence electrons. The molecule has 0 saturated heterocycles. The van der Waals surface area contributed by atoms with Crippen molar-refractivity contribution < 1.29 is 13.9 Å². The molecule has 1 heterocycles. The molecule has 2 aromatic carbocycles. The normalized spacial score (nSPS) is 10.5. The number of carbonyl (C=O) groups is 1. The van der Waals surface area contributed by atoms with Crippen molar-refractivity contribution in [2.45, 2.75) is 0 Å². The number of hydrogen-bond donors (Lipinski definition) is 2. The summed E-state index contributed by atoms with van der Waals surface area (Å²) in [5, 5.41) is 3.47. The number of anilines is 1. The van der Waals surface area contributed by atoms with Crippen LogP contribution in [-0.4, -0.2) is 17.5 Å². The number of nitrogens with one attached hydrogen (secondary N) is 2.